The molecule has 0 aromatic carbocycles. The van der Waals surface area contributed by atoms with Gasteiger partial charge in [0.1, 0.15) is 0 Å². The van der Waals surface area contributed by atoms with Crippen molar-refractivity contribution in [2.45, 2.75) is 19.8 Å². The Morgan fingerprint density at radius 1 is 1.50 bits per heavy atom. The second-order valence-electron chi connectivity index (χ2n) is 1.14. The van der Waals surface area contributed by atoms with Crippen LogP contribution in [0.4, 0.5) is 0 Å². The zero-order chi connectivity index (χ0) is 4.12. The van der Waals surface area contributed by atoms with Crippen molar-refractivity contribution in [1.82, 2.24) is 0 Å². The molecule has 0 aliphatic carbocycles. The first-order valence-electron chi connectivity index (χ1n) is 2.12. The van der Waals surface area contributed by atoms with E-state index in [9.17, 15) is 0 Å². The van der Waals surface area contributed by atoms with Gasteiger partial charge in [0.15, 0.2) is 0 Å². The maximum Gasteiger partial charge on any atom is 0 e. The topological polar surface area (TPSA) is 0 Å². The van der Waals surface area contributed by atoms with E-state index in [0.29, 0.717) is 0 Å². The number of hydrogen-bond acceptors (Lipinski definition) is 0. The molecule has 0 aromatic heterocycles. The summed E-state index contributed by atoms with van der Waals surface area (Å²) in [5.74, 6) is 0. The molecule has 42 valence electrons. The van der Waals surface area contributed by atoms with Gasteiger partial charge in [-0.25, -0.2) is 0 Å². The molecule has 0 aromatic rings. The summed E-state index contributed by atoms with van der Waals surface area (Å²) in [7, 11) is 2.70. The van der Waals surface area contributed by atoms with Gasteiger partial charge in [0.2, 0.25) is 0 Å². The maximum absolute atomic E-state index is 2.70. The van der Waals surface area contributed by atoms with Crippen molar-refractivity contribution in [3.63, 3.8) is 0 Å². The molecule has 0 aliphatic rings. The summed E-state index contributed by atoms with van der Waals surface area (Å²) >= 11 is 0. The van der Waals surface area contributed by atoms with Crippen molar-refractivity contribution in [1.29, 1.82) is 0 Å². The Hall–Kier alpha value is 1.12. The van der Waals surface area contributed by atoms with Gasteiger partial charge in [-0.2, -0.15) is 0 Å². The average molecular weight is 285 g/mol. The van der Waals surface area contributed by atoms with Crippen LogP contribution in [0.2, 0.25) is 0 Å². The van der Waals surface area contributed by atoms with Crippen LogP contribution < -0.4 is 0 Å². The van der Waals surface area contributed by atoms with E-state index in [-0.39, 0.29) is 21.1 Å². The maximum atomic E-state index is 2.70. The summed E-state index contributed by atoms with van der Waals surface area (Å²) in [6.45, 7) is 2.20. The van der Waals surface area contributed by atoms with Gasteiger partial charge in [-0.05, 0) is 6.16 Å². The van der Waals surface area contributed by atoms with E-state index in [2.05, 4.69) is 16.2 Å². The second kappa shape index (κ2) is 9.45. The Kier molecular flexibility index (Phi) is 16.0. The first-order chi connectivity index (χ1) is 2.41. The van der Waals surface area contributed by atoms with E-state index in [1.165, 1.54) is 19.0 Å². The smallest absolute Gasteiger partial charge is 0 e. The van der Waals surface area contributed by atoms with Crippen molar-refractivity contribution in [3.8, 4) is 0 Å². The van der Waals surface area contributed by atoms with Crippen molar-refractivity contribution in [2.75, 3.05) is 6.16 Å². The summed E-state index contributed by atoms with van der Waals surface area (Å²) < 4.78 is 0. The van der Waals surface area contributed by atoms with Crippen LogP contribution in [0, 0.1) is 0 Å². The third kappa shape index (κ3) is 8.93. The van der Waals surface area contributed by atoms with Gasteiger partial charge < -0.3 is 0 Å². The van der Waals surface area contributed by atoms with Crippen molar-refractivity contribution >= 4 is 9.24 Å². The van der Waals surface area contributed by atoms with Crippen LogP contribution in [0.3, 0.4) is 0 Å². The average Bonchev–Trinajstić information content (AvgIpc) is 1.41. The van der Waals surface area contributed by atoms with E-state index in [4.69, 9.17) is 0 Å². The molecule has 0 N–H and O–H groups in total. The molecule has 6 heavy (non-hydrogen) atoms. The minimum Gasteiger partial charge on any atom is -0.138 e. The van der Waals surface area contributed by atoms with Gasteiger partial charge in [-0.15, -0.1) is 9.24 Å². The van der Waals surface area contributed by atoms with Crippen LogP contribution in [0.5, 0.6) is 0 Å². The molecular formula is C4H11PPt. The van der Waals surface area contributed by atoms with Crippen LogP contribution >= 0.6 is 9.24 Å². The molecule has 0 fully saturated rings. The SMILES string of the molecule is CCCCP.[Pt]. The minimum atomic E-state index is 0. The second-order valence-corrected chi connectivity index (χ2v) is 1.72. The molecule has 0 spiro atoms. The van der Waals surface area contributed by atoms with Gasteiger partial charge in [0.25, 0.3) is 0 Å². The van der Waals surface area contributed by atoms with Gasteiger partial charge >= 0.3 is 0 Å². The molecule has 1 unspecified atom stereocenters. The molecule has 0 bridgehead atoms. The van der Waals surface area contributed by atoms with Crippen molar-refractivity contribution in [3.05, 3.63) is 0 Å². The van der Waals surface area contributed by atoms with E-state index in [1.54, 1.807) is 0 Å². The number of hydrogen-bond donors (Lipinski definition) is 0. The standard InChI is InChI=1S/C4H11P.Pt/c1-2-3-4-5;/h2-5H2,1H3;. The number of rotatable bonds is 2. The molecule has 0 amide bonds. The minimum absolute atomic E-state index is 0. The summed E-state index contributed by atoms with van der Waals surface area (Å²) in [4.78, 5) is 0. The quantitative estimate of drug-likeness (QED) is 0.677. The van der Waals surface area contributed by atoms with Crippen LogP contribution in [0.25, 0.3) is 0 Å². The van der Waals surface area contributed by atoms with Crippen molar-refractivity contribution in [2.24, 2.45) is 0 Å². The Labute approximate surface area is 56.6 Å². The first kappa shape index (κ1) is 10.2. The molecule has 0 saturated heterocycles. The number of unbranched alkanes of at least 4 members (excludes halogenated alkanes) is 1. The normalized spacial score (nSPS) is 7.00. The fraction of sp³-hybridized carbons (Fsp3) is 1.00. The third-order valence-electron chi connectivity index (χ3n) is 0.558. The predicted octanol–water partition coefficient (Wildman–Crippen LogP) is 1.66. The summed E-state index contributed by atoms with van der Waals surface area (Å²) in [6.07, 6.45) is 3.94. The van der Waals surface area contributed by atoms with Crippen LogP contribution in [0.1, 0.15) is 19.8 Å². The molecule has 2 heteroatoms. The fourth-order valence-corrected chi connectivity index (χ4v) is 0.612. The van der Waals surface area contributed by atoms with Gasteiger partial charge in [0, 0.05) is 21.1 Å². The van der Waals surface area contributed by atoms with Crippen LogP contribution in [-0.4, -0.2) is 6.16 Å². The zero-order valence-corrected chi connectivity index (χ0v) is 7.44. The first-order valence-corrected chi connectivity index (χ1v) is 2.93. The molecule has 0 aliphatic heterocycles. The van der Waals surface area contributed by atoms with E-state index in [0.717, 1.165) is 0 Å². The Morgan fingerprint density at radius 3 is 2.00 bits per heavy atom. The molecule has 0 nitrogen and oxygen atoms in total. The van der Waals surface area contributed by atoms with E-state index in [1.807, 2.05) is 0 Å². The van der Waals surface area contributed by atoms with Crippen molar-refractivity contribution < 1.29 is 21.1 Å². The zero-order valence-electron chi connectivity index (χ0n) is 4.01. The summed E-state index contributed by atoms with van der Waals surface area (Å²) in [5, 5.41) is 0. The van der Waals surface area contributed by atoms with Gasteiger partial charge in [0.05, 0.1) is 0 Å². The molecule has 0 saturated carbocycles. The Morgan fingerprint density at radius 2 is 2.00 bits per heavy atom. The van der Waals surface area contributed by atoms with Crippen LogP contribution in [-0.2, 0) is 21.1 Å². The van der Waals surface area contributed by atoms with Gasteiger partial charge in [-0.1, -0.05) is 19.8 Å². The van der Waals surface area contributed by atoms with Crippen LogP contribution in [0.15, 0.2) is 0 Å². The molecule has 1 atom stereocenters. The third-order valence-corrected chi connectivity index (χ3v) is 0.966. The largest absolute Gasteiger partial charge is 0.138 e. The molecule has 0 rings (SSSR count). The fourth-order valence-electron chi connectivity index (χ4n) is 0.204. The molecule has 0 heterocycles. The Balaban J connectivity index is 0. The summed E-state index contributed by atoms with van der Waals surface area (Å²) in [6, 6.07) is 0. The molecule has 0 radical (unpaired) electrons. The van der Waals surface area contributed by atoms with E-state index < -0.39 is 0 Å². The summed E-state index contributed by atoms with van der Waals surface area (Å²) in [5.41, 5.74) is 0. The Bertz CT molecular complexity index is 15.0. The monoisotopic (exact) mass is 285 g/mol. The van der Waals surface area contributed by atoms with E-state index >= 15 is 0 Å². The predicted molar refractivity (Wildman–Crippen MR) is 29.5 cm³/mol. The molecular weight excluding hydrogens is 274 g/mol. The van der Waals surface area contributed by atoms with Gasteiger partial charge in [-0.3, -0.25) is 0 Å².